The molecule has 1 saturated heterocycles. The first kappa shape index (κ1) is 18.2. The first-order chi connectivity index (χ1) is 11.6. The fourth-order valence-electron chi connectivity index (χ4n) is 2.69. The zero-order chi connectivity index (χ0) is 17.4. The normalized spacial score (nSPS) is 14.6. The van der Waals surface area contributed by atoms with E-state index in [0.29, 0.717) is 44.8 Å². The Balaban J connectivity index is 1.76. The van der Waals surface area contributed by atoms with Crippen molar-refractivity contribution < 1.29 is 19.1 Å². The number of unbranched alkanes of at least 4 members (excludes halogenated alkanes) is 2. The number of carbonyl (C=O) groups excluding carboxylic acids is 2. The molecule has 0 atom stereocenters. The lowest BCUT2D eigenvalue weighted by atomic mass is 10.2. The van der Waals surface area contributed by atoms with Crippen molar-refractivity contribution in [1.82, 2.24) is 10.2 Å². The van der Waals surface area contributed by atoms with Gasteiger partial charge in [-0.25, -0.2) is 4.39 Å². The van der Waals surface area contributed by atoms with Crippen LogP contribution in [0.5, 0.6) is 0 Å². The Labute approximate surface area is 141 Å². The minimum Gasteiger partial charge on any atom is -0.396 e. The van der Waals surface area contributed by atoms with Gasteiger partial charge >= 0.3 is 11.8 Å². The molecule has 2 N–H and O–H groups in total. The number of nitrogens with zero attached hydrogens (tertiary/aromatic N) is 2. The summed E-state index contributed by atoms with van der Waals surface area (Å²) in [5.41, 5.74) is 0.526. The van der Waals surface area contributed by atoms with Gasteiger partial charge in [0, 0.05) is 39.3 Å². The quantitative estimate of drug-likeness (QED) is 0.594. The highest BCUT2D eigenvalue weighted by Gasteiger charge is 2.26. The zero-order valence-corrected chi connectivity index (χ0v) is 13.7. The smallest absolute Gasteiger partial charge is 0.312 e. The summed E-state index contributed by atoms with van der Waals surface area (Å²) in [7, 11) is 0. The van der Waals surface area contributed by atoms with Gasteiger partial charge in [-0.05, 0) is 31.4 Å². The molecule has 1 aliphatic rings. The summed E-state index contributed by atoms with van der Waals surface area (Å²) in [6, 6.07) is 6.55. The molecule has 0 aliphatic carbocycles. The van der Waals surface area contributed by atoms with Gasteiger partial charge in [0.05, 0.1) is 5.69 Å². The predicted octanol–water partition coefficient (Wildman–Crippen LogP) is 0.753. The lowest BCUT2D eigenvalue weighted by molar-refractivity contribution is -0.146. The molecule has 1 heterocycles. The molecule has 7 heteroatoms. The fraction of sp³-hybridized carbons (Fsp3) is 0.529. The van der Waals surface area contributed by atoms with Gasteiger partial charge < -0.3 is 20.2 Å². The summed E-state index contributed by atoms with van der Waals surface area (Å²) in [4.78, 5) is 27.3. The maximum absolute atomic E-state index is 13.8. The number of amides is 2. The van der Waals surface area contributed by atoms with Crippen LogP contribution in [0.4, 0.5) is 10.1 Å². The van der Waals surface area contributed by atoms with Gasteiger partial charge in [0.2, 0.25) is 0 Å². The van der Waals surface area contributed by atoms with Crippen LogP contribution in [0.15, 0.2) is 24.3 Å². The van der Waals surface area contributed by atoms with Crippen molar-refractivity contribution in [3.05, 3.63) is 30.1 Å². The van der Waals surface area contributed by atoms with Crippen molar-refractivity contribution >= 4 is 17.5 Å². The Bertz CT molecular complexity index is 560. The molecular weight excluding hydrogens is 313 g/mol. The van der Waals surface area contributed by atoms with Crippen LogP contribution in [0, 0.1) is 5.82 Å². The van der Waals surface area contributed by atoms with Crippen LogP contribution in [0.2, 0.25) is 0 Å². The average molecular weight is 337 g/mol. The van der Waals surface area contributed by atoms with Crippen LogP contribution >= 0.6 is 0 Å². The number of aliphatic hydroxyl groups is 1. The van der Waals surface area contributed by atoms with Crippen LogP contribution < -0.4 is 10.2 Å². The van der Waals surface area contributed by atoms with E-state index >= 15 is 0 Å². The Hall–Kier alpha value is -2.15. The Morgan fingerprint density at radius 1 is 1.08 bits per heavy atom. The third-order valence-corrected chi connectivity index (χ3v) is 4.07. The Morgan fingerprint density at radius 3 is 2.46 bits per heavy atom. The van der Waals surface area contributed by atoms with E-state index in [4.69, 9.17) is 5.11 Å². The van der Waals surface area contributed by atoms with Gasteiger partial charge in [-0.1, -0.05) is 12.1 Å². The molecule has 0 saturated carbocycles. The number of hydrogen-bond donors (Lipinski definition) is 2. The molecule has 1 aromatic rings. The summed E-state index contributed by atoms with van der Waals surface area (Å²) in [6.45, 7) is 2.35. The molecule has 132 valence electrons. The van der Waals surface area contributed by atoms with E-state index in [1.54, 1.807) is 18.2 Å². The highest BCUT2D eigenvalue weighted by atomic mass is 19.1. The van der Waals surface area contributed by atoms with Gasteiger partial charge in [0.25, 0.3) is 0 Å². The molecule has 0 bridgehead atoms. The second-order valence-corrected chi connectivity index (χ2v) is 5.77. The minimum atomic E-state index is -0.599. The van der Waals surface area contributed by atoms with Crippen molar-refractivity contribution in [2.45, 2.75) is 19.3 Å². The largest absolute Gasteiger partial charge is 0.396 e. The summed E-state index contributed by atoms with van der Waals surface area (Å²) in [6.07, 6.45) is 2.24. The molecule has 1 fully saturated rings. The monoisotopic (exact) mass is 337 g/mol. The average Bonchev–Trinajstić information content (AvgIpc) is 2.61. The minimum absolute atomic E-state index is 0.138. The maximum Gasteiger partial charge on any atom is 0.312 e. The van der Waals surface area contributed by atoms with E-state index in [2.05, 4.69) is 5.32 Å². The van der Waals surface area contributed by atoms with Gasteiger partial charge in [-0.2, -0.15) is 0 Å². The Morgan fingerprint density at radius 2 is 1.79 bits per heavy atom. The summed E-state index contributed by atoms with van der Waals surface area (Å²) in [5.74, 6) is -1.42. The number of piperazine rings is 1. The topological polar surface area (TPSA) is 72.9 Å². The van der Waals surface area contributed by atoms with E-state index in [-0.39, 0.29) is 12.4 Å². The Kier molecular flexibility index (Phi) is 6.99. The molecule has 2 rings (SSSR count). The summed E-state index contributed by atoms with van der Waals surface area (Å²) in [5, 5.41) is 11.3. The molecule has 0 unspecified atom stereocenters. The van der Waals surface area contributed by atoms with Crippen LogP contribution in [-0.2, 0) is 9.59 Å². The third kappa shape index (κ3) is 4.92. The lowest BCUT2D eigenvalue weighted by Gasteiger charge is -2.35. The van der Waals surface area contributed by atoms with Crippen LogP contribution in [0.3, 0.4) is 0 Å². The molecular formula is C17H24FN3O3. The highest BCUT2D eigenvalue weighted by Crippen LogP contribution is 2.20. The van der Waals surface area contributed by atoms with Crippen molar-refractivity contribution in [2.75, 3.05) is 44.2 Å². The van der Waals surface area contributed by atoms with Gasteiger partial charge in [0.1, 0.15) is 5.82 Å². The van der Waals surface area contributed by atoms with Crippen molar-refractivity contribution in [3.8, 4) is 0 Å². The number of nitrogens with one attached hydrogen (secondary N) is 1. The van der Waals surface area contributed by atoms with E-state index < -0.39 is 11.8 Å². The van der Waals surface area contributed by atoms with E-state index in [1.165, 1.54) is 11.0 Å². The molecule has 24 heavy (non-hydrogen) atoms. The number of aliphatic hydroxyl groups excluding tert-OH is 1. The van der Waals surface area contributed by atoms with E-state index in [0.717, 1.165) is 12.8 Å². The van der Waals surface area contributed by atoms with Crippen molar-refractivity contribution in [2.24, 2.45) is 0 Å². The predicted molar refractivity (Wildman–Crippen MR) is 89.1 cm³/mol. The van der Waals surface area contributed by atoms with Crippen LogP contribution in [0.1, 0.15) is 19.3 Å². The first-order valence-corrected chi connectivity index (χ1v) is 8.31. The van der Waals surface area contributed by atoms with E-state index in [9.17, 15) is 14.0 Å². The SMILES string of the molecule is O=C(NCCCCCO)C(=O)N1CCN(c2ccccc2F)CC1. The number of benzene rings is 1. The standard InChI is InChI=1S/C17H24FN3O3/c18-14-6-2-3-7-15(14)20-9-11-21(12-10-20)17(24)16(23)19-8-4-1-5-13-22/h2-3,6-7,22H,1,4-5,8-13H2,(H,19,23). The fourth-order valence-corrected chi connectivity index (χ4v) is 2.69. The van der Waals surface area contributed by atoms with Gasteiger partial charge in [-0.15, -0.1) is 0 Å². The molecule has 2 amide bonds. The number of halogens is 1. The van der Waals surface area contributed by atoms with Crippen molar-refractivity contribution in [3.63, 3.8) is 0 Å². The number of carbonyl (C=O) groups is 2. The second-order valence-electron chi connectivity index (χ2n) is 5.77. The van der Waals surface area contributed by atoms with Crippen molar-refractivity contribution in [1.29, 1.82) is 0 Å². The second kappa shape index (κ2) is 9.22. The molecule has 0 aromatic heterocycles. The first-order valence-electron chi connectivity index (χ1n) is 8.31. The molecule has 1 aliphatic heterocycles. The lowest BCUT2D eigenvalue weighted by Crippen LogP contribution is -2.53. The van der Waals surface area contributed by atoms with E-state index in [1.807, 2.05) is 4.90 Å². The maximum atomic E-state index is 13.8. The van der Waals surface area contributed by atoms with Gasteiger partial charge in [0.15, 0.2) is 0 Å². The molecule has 0 radical (unpaired) electrons. The highest BCUT2D eigenvalue weighted by molar-refractivity contribution is 6.35. The number of rotatable bonds is 6. The number of anilines is 1. The molecule has 0 spiro atoms. The zero-order valence-electron chi connectivity index (χ0n) is 13.7. The van der Waals surface area contributed by atoms with Crippen LogP contribution in [0.25, 0.3) is 0 Å². The molecule has 1 aromatic carbocycles. The van der Waals surface area contributed by atoms with Gasteiger partial charge in [-0.3, -0.25) is 9.59 Å². The summed E-state index contributed by atoms with van der Waals surface area (Å²) < 4.78 is 13.8. The number of hydrogen-bond acceptors (Lipinski definition) is 4. The molecule has 6 nitrogen and oxygen atoms in total. The number of para-hydroxylation sites is 1. The van der Waals surface area contributed by atoms with Crippen LogP contribution in [-0.4, -0.2) is 61.2 Å². The summed E-state index contributed by atoms with van der Waals surface area (Å²) >= 11 is 0. The third-order valence-electron chi connectivity index (χ3n) is 4.07.